The number of rotatable bonds is 4. The molecule has 1 aromatic heterocycles. The Labute approximate surface area is 141 Å². The summed E-state index contributed by atoms with van der Waals surface area (Å²) in [4.78, 5) is 8.97. The van der Waals surface area contributed by atoms with Crippen LogP contribution >= 0.6 is 11.6 Å². The molecule has 1 N–H and O–H groups in total. The van der Waals surface area contributed by atoms with Crippen molar-refractivity contribution >= 4 is 11.6 Å². The zero-order valence-electron chi connectivity index (χ0n) is 13.0. The molecule has 1 aliphatic carbocycles. The summed E-state index contributed by atoms with van der Waals surface area (Å²) in [5.41, 5.74) is 3.44. The average Bonchev–Trinajstić information content (AvgIpc) is 3.43. The number of nitrogens with zero attached hydrogens (tertiary/aromatic N) is 2. The number of morpholine rings is 1. The average molecular weight is 330 g/mol. The van der Waals surface area contributed by atoms with E-state index >= 15 is 0 Å². The quantitative estimate of drug-likeness (QED) is 0.935. The Morgan fingerprint density at radius 1 is 1.17 bits per heavy atom. The molecule has 0 spiro atoms. The topological polar surface area (TPSA) is 47.0 Å². The first-order valence-corrected chi connectivity index (χ1v) is 8.59. The van der Waals surface area contributed by atoms with Gasteiger partial charge in [-0.15, -0.1) is 0 Å². The standard InChI is InChI=1S/C18H20ClN3O/c19-16-7-14(17-11-20-5-6-23-17)4-3-13(16)8-18-21-9-15(10-22-18)12-1-2-12/h3-4,7,9-10,12,17,20H,1-2,5-6,8,11H2/t17-/m0/s1. The lowest BCUT2D eigenvalue weighted by atomic mass is 10.0. The largest absolute Gasteiger partial charge is 0.371 e. The highest BCUT2D eigenvalue weighted by Gasteiger charge is 2.24. The highest BCUT2D eigenvalue weighted by Crippen LogP contribution is 2.39. The summed E-state index contributed by atoms with van der Waals surface area (Å²) >= 11 is 6.46. The molecule has 1 aliphatic heterocycles. The van der Waals surface area contributed by atoms with E-state index in [1.54, 1.807) is 0 Å². The summed E-state index contributed by atoms with van der Waals surface area (Å²) < 4.78 is 5.77. The number of hydrogen-bond donors (Lipinski definition) is 1. The normalized spacial score (nSPS) is 21.3. The Morgan fingerprint density at radius 2 is 2.00 bits per heavy atom. The molecule has 4 rings (SSSR count). The zero-order valence-corrected chi connectivity index (χ0v) is 13.7. The van der Waals surface area contributed by atoms with Crippen LogP contribution in [0.2, 0.25) is 5.02 Å². The first kappa shape index (κ1) is 15.1. The zero-order chi connectivity index (χ0) is 15.6. The van der Waals surface area contributed by atoms with E-state index in [0.717, 1.165) is 41.7 Å². The van der Waals surface area contributed by atoms with Crippen LogP contribution in [0.15, 0.2) is 30.6 Å². The van der Waals surface area contributed by atoms with Crippen LogP contribution in [0.25, 0.3) is 0 Å². The summed E-state index contributed by atoms with van der Waals surface area (Å²) in [7, 11) is 0. The molecule has 0 radical (unpaired) electrons. The molecule has 2 heterocycles. The van der Waals surface area contributed by atoms with Crippen molar-refractivity contribution in [2.24, 2.45) is 0 Å². The predicted octanol–water partition coefficient (Wildman–Crippen LogP) is 3.26. The van der Waals surface area contributed by atoms with Gasteiger partial charge in [-0.3, -0.25) is 0 Å². The van der Waals surface area contributed by atoms with Crippen LogP contribution in [0.1, 0.15) is 47.4 Å². The molecule has 1 saturated carbocycles. The van der Waals surface area contributed by atoms with E-state index in [0.29, 0.717) is 12.3 Å². The SMILES string of the molecule is Clc1cc([C@@H]2CNCCO2)ccc1Cc1ncc(C2CC2)cn1. The molecular weight excluding hydrogens is 310 g/mol. The lowest BCUT2D eigenvalue weighted by Gasteiger charge is -2.24. The van der Waals surface area contributed by atoms with Crippen molar-refractivity contribution in [1.29, 1.82) is 0 Å². The first-order valence-electron chi connectivity index (χ1n) is 8.21. The van der Waals surface area contributed by atoms with Crippen molar-refractivity contribution in [2.75, 3.05) is 19.7 Å². The van der Waals surface area contributed by atoms with E-state index in [4.69, 9.17) is 16.3 Å². The van der Waals surface area contributed by atoms with Crippen LogP contribution in [0.4, 0.5) is 0 Å². The van der Waals surface area contributed by atoms with Crippen LogP contribution in [0.5, 0.6) is 0 Å². The fraction of sp³-hybridized carbons (Fsp3) is 0.444. The minimum absolute atomic E-state index is 0.0874. The fourth-order valence-electron chi connectivity index (χ4n) is 2.94. The Bertz CT molecular complexity index is 679. The van der Waals surface area contributed by atoms with Crippen LogP contribution in [-0.2, 0) is 11.2 Å². The van der Waals surface area contributed by atoms with Crippen molar-refractivity contribution in [1.82, 2.24) is 15.3 Å². The summed E-state index contributed by atoms with van der Waals surface area (Å²) in [6, 6.07) is 6.17. The molecule has 2 fully saturated rings. The third-order valence-electron chi connectivity index (χ3n) is 4.50. The van der Waals surface area contributed by atoms with E-state index in [1.165, 1.54) is 18.4 Å². The summed E-state index contributed by atoms with van der Waals surface area (Å²) in [6.45, 7) is 2.49. The summed E-state index contributed by atoms with van der Waals surface area (Å²) in [5, 5.41) is 4.09. The van der Waals surface area contributed by atoms with Crippen molar-refractivity contribution in [3.63, 3.8) is 0 Å². The van der Waals surface area contributed by atoms with Gasteiger partial charge in [0, 0.05) is 36.9 Å². The Balaban J connectivity index is 1.47. The summed E-state index contributed by atoms with van der Waals surface area (Å²) in [6.07, 6.45) is 7.22. The Hall–Kier alpha value is -1.49. The molecule has 1 saturated heterocycles. The number of aromatic nitrogens is 2. The van der Waals surface area contributed by atoms with E-state index in [-0.39, 0.29) is 6.10 Å². The van der Waals surface area contributed by atoms with E-state index < -0.39 is 0 Å². The molecule has 1 aromatic carbocycles. The van der Waals surface area contributed by atoms with Gasteiger partial charge in [0.2, 0.25) is 0 Å². The molecule has 5 heteroatoms. The minimum Gasteiger partial charge on any atom is -0.371 e. The number of halogens is 1. The number of hydrogen-bond acceptors (Lipinski definition) is 4. The van der Waals surface area contributed by atoms with Gasteiger partial charge in [0.25, 0.3) is 0 Å². The number of ether oxygens (including phenoxy) is 1. The molecule has 1 atom stereocenters. The van der Waals surface area contributed by atoms with Gasteiger partial charge in [-0.1, -0.05) is 23.7 Å². The van der Waals surface area contributed by atoms with Gasteiger partial charge in [-0.2, -0.15) is 0 Å². The van der Waals surface area contributed by atoms with E-state index in [2.05, 4.69) is 27.4 Å². The van der Waals surface area contributed by atoms with Gasteiger partial charge in [0.05, 0.1) is 12.7 Å². The maximum absolute atomic E-state index is 6.46. The van der Waals surface area contributed by atoms with E-state index in [9.17, 15) is 0 Å². The monoisotopic (exact) mass is 329 g/mol. The van der Waals surface area contributed by atoms with Gasteiger partial charge in [0.1, 0.15) is 5.82 Å². The molecule has 0 unspecified atom stereocenters. The predicted molar refractivity (Wildman–Crippen MR) is 89.8 cm³/mol. The lowest BCUT2D eigenvalue weighted by molar-refractivity contribution is 0.0277. The number of nitrogens with one attached hydrogen (secondary N) is 1. The second kappa shape index (κ2) is 6.56. The highest BCUT2D eigenvalue weighted by molar-refractivity contribution is 6.31. The molecule has 23 heavy (non-hydrogen) atoms. The minimum atomic E-state index is 0.0874. The molecule has 0 bridgehead atoms. The third kappa shape index (κ3) is 3.55. The third-order valence-corrected chi connectivity index (χ3v) is 4.85. The molecular formula is C18H20ClN3O. The Morgan fingerprint density at radius 3 is 2.65 bits per heavy atom. The van der Waals surface area contributed by atoms with Gasteiger partial charge < -0.3 is 10.1 Å². The highest BCUT2D eigenvalue weighted by atomic mass is 35.5. The van der Waals surface area contributed by atoms with Crippen molar-refractivity contribution in [3.05, 3.63) is 58.1 Å². The first-order chi connectivity index (χ1) is 11.3. The fourth-order valence-corrected chi connectivity index (χ4v) is 3.20. The van der Waals surface area contributed by atoms with Gasteiger partial charge >= 0.3 is 0 Å². The number of benzene rings is 1. The van der Waals surface area contributed by atoms with E-state index in [1.807, 2.05) is 18.5 Å². The van der Waals surface area contributed by atoms with Crippen molar-refractivity contribution in [2.45, 2.75) is 31.3 Å². The molecule has 4 nitrogen and oxygen atoms in total. The van der Waals surface area contributed by atoms with Gasteiger partial charge in [0.15, 0.2) is 0 Å². The van der Waals surface area contributed by atoms with Crippen LogP contribution in [0.3, 0.4) is 0 Å². The van der Waals surface area contributed by atoms with Crippen LogP contribution in [-0.4, -0.2) is 29.7 Å². The van der Waals surface area contributed by atoms with Gasteiger partial charge in [-0.05, 0) is 41.5 Å². The Kier molecular flexibility index (Phi) is 4.29. The smallest absolute Gasteiger partial charge is 0.132 e. The second-order valence-electron chi connectivity index (χ2n) is 6.30. The van der Waals surface area contributed by atoms with Crippen LogP contribution < -0.4 is 5.32 Å². The summed E-state index contributed by atoms with van der Waals surface area (Å²) in [5.74, 6) is 1.51. The molecule has 2 aliphatic rings. The lowest BCUT2D eigenvalue weighted by Crippen LogP contribution is -2.33. The maximum atomic E-state index is 6.46. The molecule has 120 valence electrons. The molecule has 0 amide bonds. The van der Waals surface area contributed by atoms with Crippen LogP contribution in [0, 0.1) is 0 Å². The second-order valence-corrected chi connectivity index (χ2v) is 6.71. The maximum Gasteiger partial charge on any atom is 0.132 e. The van der Waals surface area contributed by atoms with Gasteiger partial charge in [-0.25, -0.2) is 9.97 Å². The van der Waals surface area contributed by atoms with Crippen molar-refractivity contribution < 1.29 is 4.74 Å². The molecule has 2 aromatic rings. The van der Waals surface area contributed by atoms with Crippen molar-refractivity contribution in [3.8, 4) is 0 Å².